The quantitative estimate of drug-likeness (QED) is 0.604. The van der Waals surface area contributed by atoms with Gasteiger partial charge in [0, 0.05) is 11.5 Å². The Morgan fingerprint density at radius 2 is 2.00 bits per heavy atom. The van der Waals surface area contributed by atoms with Gasteiger partial charge in [-0.2, -0.15) is 5.10 Å². The second-order valence-corrected chi connectivity index (χ2v) is 7.23. The molecule has 0 aliphatic heterocycles. The fraction of sp³-hybridized carbons (Fsp3) is 0.304. The third-order valence-electron chi connectivity index (χ3n) is 5.30. The lowest BCUT2D eigenvalue weighted by molar-refractivity contribution is -0.117. The molecule has 1 saturated carbocycles. The van der Waals surface area contributed by atoms with Gasteiger partial charge in [0.25, 0.3) is 0 Å². The maximum atomic E-state index is 13.2. The number of hydrogen-bond donors (Lipinski definition) is 2. The third-order valence-corrected chi connectivity index (χ3v) is 5.30. The number of nitrogens with one attached hydrogen (secondary N) is 2. The molecular weight excluding hydrogens is 350 g/mol. The van der Waals surface area contributed by atoms with E-state index in [-0.39, 0.29) is 11.8 Å². The lowest BCUT2D eigenvalue weighted by Crippen LogP contribution is -2.21. The highest BCUT2D eigenvalue weighted by Gasteiger charge is 2.32. The van der Waals surface area contributed by atoms with E-state index in [0.717, 1.165) is 53.2 Å². The van der Waals surface area contributed by atoms with Crippen LogP contribution in [0.1, 0.15) is 49.3 Å². The summed E-state index contributed by atoms with van der Waals surface area (Å²) in [5.74, 6) is 1.02. The fourth-order valence-corrected chi connectivity index (χ4v) is 3.60. The van der Waals surface area contributed by atoms with Crippen molar-refractivity contribution in [3.05, 3.63) is 65.9 Å². The summed E-state index contributed by atoms with van der Waals surface area (Å²) < 4.78 is 5.35. The third kappa shape index (κ3) is 3.65. The lowest BCUT2D eigenvalue weighted by atomic mass is 9.95. The molecular formula is C23H25N3O2. The van der Waals surface area contributed by atoms with Gasteiger partial charge in [0.05, 0.1) is 24.4 Å². The molecule has 1 fully saturated rings. The second kappa shape index (κ2) is 7.89. The molecule has 0 saturated heterocycles. The number of aromatic nitrogens is 2. The average Bonchev–Trinajstić information content (AvgIpc) is 3.50. The molecule has 5 nitrogen and oxygen atoms in total. The number of nitrogens with zero attached hydrogens (tertiary/aromatic N) is 1. The minimum absolute atomic E-state index is 0.00106. The maximum absolute atomic E-state index is 13.2. The maximum Gasteiger partial charge on any atom is 0.232 e. The SMILES string of the molecule is CCC(C(=O)Nc1c(-c2cccc(OC)c2)n[nH]c1C1CC1)c1ccccc1. The number of benzene rings is 2. The predicted molar refractivity (Wildman–Crippen MR) is 111 cm³/mol. The van der Waals surface area contributed by atoms with Crippen LogP contribution in [0.5, 0.6) is 5.75 Å². The predicted octanol–water partition coefficient (Wildman–Crippen LogP) is 5.10. The molecule has 1 amide bonds. The van der Waals surface area contributed by atoms with E-state index in [0.29, 0.717) is 5.92 Å². The first kappa shape index (κ1) is 18.3. The van der Waals surface area contributed by atoms with E-state index >= 15 is 0 Å². The molecule has 28 heavy (non-hydrogen) atoms. The van der Waals surface area contributed by atoms with Crippen LogP contribution in [0.25, 0.3) is 11.3 Å². The van der Waals surface area contributed by atoms with Gasteiger partial charge >= 0.3 is 0 Å². The molecule has 1 aromatic heterocycles. The molecule has 1 heterocycles. The summed E-state index contributed by atoms with van der Waals surface area (Å²) in [4.78, 5) is 13.2. The molecule has 1 atom stereocenters. The summed E-state index contributed by atoms with van der Waals surface area (Å²) in [6, 6.07) is 17.7. The highest BCUT2D eigenvalue weighted by Crippen LogP contribution is 2.45. The van der Waals surface area contributed by atoms with Crippen LogP contribution in [0.3, 0.4) is 0 Å². The minimum atomic E-state index is -0.193. The molecule has 4 rings (SSSR count). The van der Waals surface area contributed by atoms with E-state index in [9.17, 15) is 4.79 Å². The zero-order valence-corrected chi connectivity index (χ0v) is 16.2. The first-order valence-corrected chi connectivity index (χ1v) is 9.79. The normalized spacial score (nSPS) is 14.5. The molecule has 0 spiro atoms. The number of aromatic amines is 1. The number of rotatable bonds is 7. The highest BCUT2D eigenvalue weighted by molar-refractivity contribution is 5.99. The molecule has 2 N–H and O–H groups in total. The number of carbonyl (C=O) groups is 1. The van der Waals surface area contributed by atoms with Gasteiger partial charge in [-0.3, -0.25) is 9.89 Å². The van der Waals surface area contributed by atoms with Crippen LogP contribution in [-0.2, 0) is 4.79 Å². The van der Waals surface area contributed by atoms with Crippen LogP contribution < -0.4 is 10.1 Å². The molecule has 1 aliphatic carbocycles. The van der Waals surface area contributed by atoms with Crippen molar-refractivity contribution in [1.82, 2.24) is 10.2 Å². The molecule has 144 valence electrons. The highest BCUT2D eigenvalue weighted by atomic mass is 16.5. The summed E-state index contributed by atoms with van der Waals surface area (Å²) in [5.41, 5.74) is 4.54. The van der Waals surface area contributed by atoms with Gasteiger partial charge in [0.1, 0.15) is 11.4 Å². The van der Waals surface area contributed by atoms with Crippen molar-refractivity contribution in [1.29, 1.82) is 0 Å². The lowest BCUT2D eigenvalue weighted by Gasteiger charge is -2.16. The first-order valence-electron chi connectivity index (χ1n) is 9.79. The van der Waals surface area contributed by atoms with Crippen molar-refractivity contribution < 1.29 is 9.53 Å². The van der Waals surface area contributed by atoms with Gasteiger partial charge in [-0.25, -0.2) is 0 Å². The molecule has 3 aromatic rings. The smallest absolute Gasteiger partial charge is 0.232 e. The zero-order valence-electron chi connectivity index (χ0n) is 16.2. The number of H-pyrrole nitrogens is 1. The number of amides is 1. The van der Waals surface area contributed by atoms with Crippen LogP contribution >= 0.6 is 0 Å². The van der Waals surface area contributed by atoms with Crippen molar-refractivity contribution in [2.24, 2.45) is 0 Å². The van der Waals surface area contributed by atoms with Gasteiger partial charge in [-0.15, -0.1) is 0 Å². The number of ether oxygens (including phenoxy) is 1. The van der Waals surface area contributed by atoms with E-state index < -0.39 is 0 Å². The standard InChI is InChI=1S/C23H25N3O2/c1-3-19(15-8-5-4-6-9-15)23(27)24-22-20(16-12-13-16)25-26-21(22)17-10-7-11-18(14-17)28-2/h4-11,14,16,19H,3,12-13H2,1-2H3,(H,24,27)(H,25,26). The van der Waals surface area contributed by atoms with E-state index in [1.807, 2.05) is 61.5 Å². The molecule has 1 aliphatic rings. The van der Waals surface area contributed by atoms with Crippen molar-refractivity contribution >= 4 is 11.6 Å². The number of carbonyl (C=O) groups excluding carboxylic acids is 1. The Morgan fingerprint density at radius 1 is 1.21 bits per heavy atom. The molecule has 5 heteroatoms. The monoisotopic (exact) mass is 375 g/mol. The second-order valence-electron chi connectivity index (χ2n) is 7.23. The molecule has 2 aromatic carbocycles. The Labute approximate surface area is 165 Å². The topological polar surface area (TPSA) is 67.0 Å². The fourth-order valence-electron chi connectivity index (χ4n) is 3.60. The van der Waals surface area contributed by atoms with Gasteiger partial charge < -0.3 is 10.1 Å². The van der Waals surface area contributed by atoms with Crippen molar-refractivity contribution in [3.63, 3.8) is 0 Å². The summed E-state index contributed by atoms with van der Waals surface area (Å²) in [7, 11) is 1.65. The zero-order chi connectivity index (χ0) is 19.5. The Morgan fingerprint density at radius 3 is 2.68 bits per heavy atom. The number of hydrogen-bond acceptors (Lipinski definition) is 3. The van der Waals surface area contributed by atoms with Gasteiger partial charge in [0.2, 0.25) is 5.91 Å². The Kier molecular flexibility index (Phi) is 5.15. The van der Waals surface area contributed by atoms with Crippen LogP contribution in [0.4, 0.5) is 5.69 Å². The molecule has 0 radical (unpaired) electrons. The summed E-state index contributed by atoms with van der Waals surface area (Å²) in [5, 5.41) is 10.9. The number of anilines is 1. The largest absolute Gasteiger partial charge is 0.497 e. The Balaban J connectivity index is 1.68. The van der Waals surface area contributed by atoms with Gasteiger partial charge in [0.15, 0.2) is 0 Å². The van der Waals surface area contributed by atoms with Crippen LogP contribution in [-0.4, -0.2) is 23.2 Å². The summed E-state index contributed by atoms with van der Waals surface area (Å²) in [6.45, 7) is 2.04. The molecule has 0 bridgehead atoms. The van der Waals surface area contributed by atoms with E-state index in [1.54, 1.807) is 7.11 Å². The molecule has 1 unspecified atom stereocenters. The Hall–Kier alpha value is -3.08. The van der Waals surface area contributed by atoms with E-state index in [2.05, 4.69) is 15.5 Å². The Bertz CT molecular complexity index is 961. The van der Waals surface area contributed by atoms with Crippen LogP contribution in [0.2, 0.25) is 0 Å². The number of methoxy groups -OCH3 is 1. The van der Waals surface area contributed by atoms with Crippen LogP contribution in [0, 0.1) is 0 Å². The van der Waals surface area contributed by atoms with Crippen molar-refractivity contribution in [2.45, 2.75) is 38.0 Å². The van der Waals surface area contributed by atoms with Gasteiger partial charge in [-0.05, 0) is 37.0 Å². The van der Waals surface area contributed by atoms with E-state index in [4.69, 9.17) is 4.74 Å². The summed E-state index contributed by atoms with van der Waals surface area (Å²) >= 11 is 0. The van der Waals surface area contributed by atoms with Gasteiger partial charge in [-0.1, -0.05) is 49.4 Å². The summed E-state index contributed by atoms with van der Waals surface area (Å²) in [6.07, 6.45) is 2.98. The van der Waals surface area contributed by atoms with Crippen molar-refractivity contribution in [3.8, 4) is 17.0 Å². The van der Waals surface area contributed by atoms with Crippen LogP contribution in [0.15, 0.2) is 54.6 Å². The minimum Gasteiger partial charge on any atom is -0.497 e. The average molecular weight is 375 g/mol. The van der Waals surface area contributed by atoms with Crippen molar-refractivity contribution in [2.75, 3.05) is 12.4 Å². The van der Waals surface area contributed by atoms with E-state index in [1.165, 1.54) is 0 Å². The first-order chi connectivity index (χ1) is 13.7.